The van der Waals surface area contributed by atoms with E-state index < -0.39 is 0 Å². The molecule has 1 aliphatic heterocycles. The number of nitrogens with zero attached hydrogens (tertiary/aromatic N) is 1. The zero-order valence-electron chi connectivity index (χ0n) is 13.7. The third-order valence-electron chi connectivity index (χ3n) is 4.39. The number of likely N-dealkylation sites (tertiary alicyclic amines) is 1. The second-order valence-electron chi connectivity index (χ2n) is 6.55. The lowest BCUT2D eigenvalue weighted by atomic mass is 9.89. The van der Waals surface area contributed by atoms with E-state index in [0.29, 0.717) is 30.1 Å². The molecule has 0 spiro atoms. The van der Waals surface area contributed by atoms with Crippen molar-refractivity contribution >= 4 is 17.7 Å². The van der Waals surface area contributed by atoms with Crippen LogP contribution in [0, 0.1) is 11.8 Å². The largest absolute Gasteiger partial charge is 0.341 e. The quantitative estimate of drug-likeness (QED) is 0.786. The molecule has 0 radical (unpaired) electrons. The van der Waals surface area contributed by atoms with Gasteiger partial charge in [-0.15, -0.1) is 0 Å². The first-order valence-electron chi connectivity index (χ1n) is 8.22. The van der Waals surface area contributed by atoms with Gasteiger partial charge in [0, 0.05) is 19.0 Å². The van der Waals surface area contributed by atoms with E-state index in [1.807, 2.05) is 11.0 Å². The van der Waals surface area contributed by atoms with Gasteiger partial charge in [0.15, 0.2) is 0 Å². The molecule has 1 aliphatic rings. The summed E-state index contributed by atoms with van der Waals surface area (Å²) >= 11 is 1.76. The van der Waals surface area contributed by atoms with Gasteiger partial charge < -0.3 is 10.6 Å². The highest BCUT2D eigenvalue weighted by molar-refractivity contribution is 7.99. The molecular formula is C18H28N2OS. The van der Waals surface area contributed by atoms with E-state index >= 15 is 0 Å². The van der Waals surface area contributed by atoms with Crippen LogP contribution < -0.4 is 5.73 Å². The third kappa shape index (κ3) is 4.75. The Balaban J connectivity index is 1.87. The van der Waals surface area contributed by atoms with Gasteiger partial charge in [-0.25, -0.2) is 0 Å². The summed E-state index contributed by atoms with van der Waals surface area (Å²) in [5, 5.41) is 0. The molecule has 0 aromatic heterocycles. The van der Waals surface area contributed by atoms with Gasteiger partial charge in [-0.3, -0.25) is 4.79 Å². The Labute approximate surface area is 138 Å². The number of nitrogens with two attached hydrogens (primary N) is 1. The van der Waals surface area contributed by atoms with Crippen LogP contribution in [0.2, 0.25) is 0 Å². The predicted molar refractivity (Wildman–Crippen MR) is 95.1 cm³/mol. The summed E-state index contributed by atoms with van der Waals surface area (Å²) in [6.45, 7) is 6.71. The monoisotopic (exact) mass is 320 g/mol. The first-order valence-corrected chi connectivity index (χ1v) is 9.37. The highest BCUT2D eigenvalue weighted by Crippen LogP contribution is 2.32. The molecule has 2 atom stereocenters. The van der Waals surface area contributed by atoms with E-state index in [1.165, 1.54) is 12.0 Å². The SMILES string of the molecule is CC(C)CCSCC(=O)N1C[C@@H](CN)[C@H](c2ccccc2)C1. The maximum atomic E-state index is 12.4. The lowest BCUT2D eigenvalue weighted by Gasteiger charge is -2.17. The van der Waals surface area contributed by atoms with Gasteiger partial charge in [-0.05, 0) is 36.1 Å². The molecule has 122 valence electrons. The zero-order valence-corrected chi connectivity index (χ0v) is 14.5. The lowest BCUT2D eigenvalue weighted by molar-refractivity contribution is -0.127. The Kier molecular flexibility index (Phi) is 6.77. The average molecular weight is 321 g/mol. The van der Waals surface area contributed by atoms with Crippen LogP contribution >= 0.6 is 11.8 Å². The van der Waals surface area contributed by atoms with Crippen molar-refractivity contribution in [2.75, 3.05) is 31.1 Å². The van der Waals surface area contributed by atoms with Crippen molar-refractivity contribution in [1.29, 1.82) is 0 Å². The second-order valence-corrected chi connectivity index (χ2v) is 7.65. The maximum Gasteiger partial charge on any atom is 0.232 e. The highest BCUT2D eigenvalue weighted by Gasteiger charge is 2.34. The van der Waals surface area contributed by atoms with Gasteiger partial charge >= 0.3 is 0 Å². The lowest BCUT2D eigenvalue weighted by Crippen LogP contribution is -2.31. The molecule has 1 aromatic carbocycles. The number of thioether (sulfide) groups is 1. The van der Waals surface area contributed by atoms with Crippen LogP contribution in [-0.4, -0.2) is 41.9 Å². The average Bonchev–Trinajstić information content (AvgIpc) is 2.96. The van der Waals surface area contributed by atoms with Gasteiger partial charge in [0.05, 0.1) is 5.75 Å². The Morgan fingerprint density at radius 1 is 1.32 bits per heavy atom. The van der Waals surface area contributed by atoms with E-state index in [9.17, 15) is 4.79 Å². The fourth-order valence-electron chi connectivity index (χ4n) is 2.96. The van der Waals surface area contributed by atoms with Crippen molar-refractivity contribution in [2.45, 2.75) is 26.2 Å². The molecule has 0 unspecified atom stereocenters. The molecule has 1 fully saturated rings. The predicted octanol–water partition coefficient (Wildman–Crippen LogP) is 2.97. The minimum Gasteiger partial charge on any atom is -0.341 e. The van der Waals surface area contributed by atoms with Crippen LogP contribution in [0.1, 0.15) is 31.7 Å². The molecule has 3 nitrogen and oxygen atoms in total. The topological polar surface area (TPSA) is 46.3 Å². The molecular weight excluding hydrogens is 292 g/mol. The van der Waals surface area contributed by atoms with E-state index in [4.69, 9.17) is 5.73 Å². The van der Waals surface area contributed by atoms with Gasteiger partial charge in [0.2, 0.25) is 5.91 Å². The Hall–Kier alpha value is -1.00. The molecule has 2 N–H and O–H groups in total. The normalized spacial score (nSPS) is 21.5. The molecule has 0 bridgehead atoms. The van der Waals surface area contributed by atoms with Gasteiger partial charge in [0.25, 0.3) is 0 Å². The number of hydrogen-bond acceptors (Lipinski definition) is 3. The Morgan fingerprint density at radius 3 is 2.68 bits per heavy atom. The van der Waals surface area contributed by atoms with E-state index in [2.05, 4.69) is 38.1 Å². The molecule has 2 rings (SSSR count). The van der Waals surface area contributed by atoms with E-state index in [1.54, 1.807) is 11.8 Å². The summed E-state index contributed by atoms with van der Waals surface area (Å²) in [5.74, 6) is 3.41. The molecule has 0 saturated carbocycles. The Morgan fingerprint density at radius 2 is 2.05 bits per heavy atom. The first kappa shape index (κ1) is 17.4. The summed E-state index contributed by atoms with van der Waals surface area (Å²) in [6, 6.07) is 10.5. The zero-order chi connectivity index (χ0) is 15.9. The highest BCUT2D eigenvalue weighted by atomic mass is 32.2. The molecule has 1 saturated heterocycles. The summed E-state index contributed by atoms with van der Waals surface area (Å²) in [4.78, 5) is 14.4. The number of amides is 1. The van der Waals surface area contributed by atoms with Crippen LogP contribution in [0.25, 0.3) is 0 Å². The number of hydrogen-bond donors (Lipinski definition) is 1. The minimum absolute atomic E-state index is 0.269. The van der Waals surface area contributed by atoms with Gasteiger partial charge in [-0.2, -0.15) is 11.8 Å². The van der Waals surface area contributed by atoms with Crippen LogP contribution in [0.5, 0.6) is 0 Å². The number of benzene rings is 1. The maximum absolute atomic E-state index is 12.4. The molecule has 1 amide bonds. The second kappa shape index (κ2) is 8.59. The number of rotatable bonds is 7. The molecule has 4 heteroatoms. The number of carbonyl (C=O) groups is 1. The van der Waals surface area contributed by atoms with Crippen molar-refractivity contribution in [3.8, 4) is 0 Å². The standard InChI is InChI=1S/C18H28N2OS/c1-14(2)8-9-22-13-18(21)20-11-16(10-19)17(12-20)15-6-4-3-5-7-15/h3-7,14,16-17H,8-13,19H2,1-2H3/t16-,17+/m1/s1. The van der Waals surface area contributed by atoms with Gasteiger partial charge in [-0.1, -0.05) is 44.2 Å². The smallest absolute Gasteiger partial charge is 0.232 e. The molecule has 22 heavy (non-hydrogen) atoms. The van der Waals surface area contributed by atoms with Crippen molar-refractivity contribution < 1.29 is 4.79 Å². The molecule has 1 heterocycles. The minimum atomic E-state index is 0.269. The van der Waals surface area contributed by atoms with Crippen LogP contribution in [0.4, 0.5) is 0 Å². The summed E-state index contributed by atoms with van der Waals surface area (Å²) in [5.41, 5.74) is 7.24. The molecule has 1 aromatic rings. The molecule has 0 aliphatic carbocycles. The van der Waals surface area contributed by atoms with Gasteiger partial charge in [0.1, 0.15) is 0 Å². The summed E-state index contributed by atoms with van der Waals surface area (Å²) < 4.78 is 0. The third-order valence-corrected chi connectivity index (χ3v) is 5.36. The summed E-state index contributed by atoms with van der Waals surface area (Å²) in [7, 11) is 0. The summed E-state index contributed by atoms with van der Waals surface area (Å²) in [6.07, 6.45) is 1.18. The van der Waals surface area contributed by atoms with E-state index in [-0.39, 0.29) is 5.91 Å². The van der Waals surface area contributed by atoms with Crippen molar-refractivity contribution in [1.82, 2.24) is 4.90 Å². The van der Waals surface area contributed by atoms with Crippen LogP contribution in [-0.2, 0) is 4.79 Å². The van der Waals surface area contributed by atoms with Crippen molar-refractivity contribution in [3.63, 3.8) is 0 Å². The van der Waals surface area contributed by atoms with E-state index in [0.717, 1.165) is 18.8 Å². The number of carbonyl (C=O) groups excluding carboxylic acids is 1. The van der Waals surface area contributed by atoms with Crippen molar-refractivity contribution in [3.05, 3.63) is 35.9 Å². The fourth-order valence-corrected chi connectivity index (χ4v) is 4.10. The van der Waals surface area contributed by atoms with Crippen LogP contribution in [0.3, 0.4) is 0 Å². The Bertz CT molecular complexity index is 463. The van der Waals surface area contributed by atoms with Crippen LogP contribution in [0.15, 0.2) is 30.3 Å². The first-order chi connectivity index (χ1) is 10.6. The van der Waals surface area contributed by atoms with Crippen molar-refractivity contribution in [2.24, 2.45) is 17.6 Å². The fraction of sp³-hybridized carbons (Fsp3) is 0.611.